The Kier molecular flexibility index (Phi) is 5.17. The van der Waals surface area contributed by atoms with Crippen LogP contribution in [0, 0.1) is 10.1 Å². The van der Waals surface area contributed by atoms with Gasteiger partial charge in [-0.05, 0) is 21.0 Å². The lowest BCUT2D eigenvalue weighted by Crippen LogP contribution is -2.43. The zero-order valence-corrected chi connectivity index (χ0v) is 12.0. The van der Waals surface area contributed by atoms with Crippen molar-refractivity contribution >= 4 is 17.5 Å². The molecule has 1 atom stereocenters. The number of nitrogens with one attached hydrogen (secondary N) is 1. The van der Waals surface area contributed by atoms with Crippen molar-refractivity contribution in [2.75, 3.05) is 32.5 Å². The normalized spacial score (nSPS) is 13.8. The van der Waals surface area contributed by atoms with Gasteiger partial charge in [0.1, 0.15) is 0 Å². The summed E-state index contributed by atoms with van der Waals surface area (Å²) in [6.45, 7) is 1.96. The Balaban J connectivity index is 2.93. The minimum absolute atomic E-state index is 0.0332. The van der Waals surface area contributed by atoms with Gasteiger partial charge in [-0.1, -0.05) is 0 Å². The maximum Gasteiger partial charge on any atom is 0.337 e. The second kappa shape index (κ2) is 6.46. The molecule has 1 unspecified atom stereocenters. The third kappa shape index (κ3) is 4.97. The van der Waals surface area contributed by atoms with Crippen LogP contribution < -0.4 is 5.32 Å². The van der Waals surface area contributed by atoms with E-state index in [0.29, 0.717) is 6.54 Å². The van der Waals surface area contributed by atoms with Gasteiger partial charge in [-0.3, -0.25) is 10.1 Å². The molecule has 0 saturated heterocycles. The monoisotopic (exact) mass is 298 g/mol. The highest BCUT2D eigenvalue weighted by Gasteiger charge is 2.24. The minimum Gasteiger partial charge on any atom is -0.478 e. The predicted octanol–water partition coefficient (Wildman–Crippen LogP) is 0.412. The summed E-state index contributed by atoms with van der Waals surface area (Å²) in [6, 6.07) is 0.929. The summed E-state index contributed by atoms with van der Waals surface area (Å²) < 4.78 is 0. The van der Waals surface area contributed by atoms with E-state index in [0.717, 1.165) is 12.3 Å². The highest BCUT2D eigenvalue weighted by molar-refractivity contribution is 5.88. The van der Waals surface area contributed by atoms with E-state index in [2.05, 4.69) is 10.3 Å². The largest absolute Gasteiger partial charge is 0.478 e. The first-order valence-corrected chi connectivity index (χ1v) is 6.11. The molecule has 0 amide bonds. The zero-order valence-electron chi connectivity index (χ0n) is 12.0. The van der Waals surface area contributed by atoms with Crippen molar-refractivity contribution < 1.29 is 19.9 Å². The summed E-state index contributed by atoms with van der Waals surface area (Å²) in [5.41, 5.74) is -1.84. The number of carboxylic acid groups (broad SMARTS) is 1. The summed E-state index contributed by atoms with van der Waals surface area (Å²) in [6.07, 6.45) is 1.03. The van der Waals surface area contributed by atoms with E-state index in [1.165, 1.54) is 0 Å². The molecule has 9 heteroatoms. The van der Waals surface area contributed by atoms with Crippen molar-refractivity contribution in [3.05, 3.63) is 27.9 Å². The quantitative estimate of drug-likeness (QED) is 0.487. The van der Waals surface area contributed by atoms with Crippen molar-refractivity contribution in [2.45, 2.75) is 12.5 Å². The standard InChI is InChI=1S/C12H18N4O5/c1-12(19,7-15(2)3)6-14-10-9(16(20)21)4-8(5-13-10)11(17)18/h4-5,19H,6-7H2,1-3H3,(H,13,14)(H,17,18). The number of aliphatic hydroxyl groups is 1. The van der Waals surface area contributed by atoms with E-state index in [9.17, 15) is 20.0 Å². The van der Waals surface area contributed by atoms with Crippen molar-refractivity contribution in [3.8, 4) is 0 Å². The number of carbonyl (C=O) groups is 1. The maximum absolute atomic E-state index is 11.0. The molecule has 0 bridgehead atoms. The van der Waals surface area contributed by atoms with Gasteiger partial charge < -0.3 is 20.4 Å². The number of aromatic nitrogens is 1. The van der Waals surface area contributed by atoms with Crippen LogP contribution in [-0.4, -0.2) is 63.8 Å². The Labute approximate surface area is 121 Å². The Morgan fingerprint density at radius 2 is 2.19 bits per heavy atom. The van der Waals surface area contributed by atoms with E-state index in [4.69, 9.17) is 5.11 Å². The predicted molar refractivity (Wildman–Crippen MR) is 75.5 cm³/mol. The van der Waals surface area contributed by atoms with Gasteiger partial charge in [0.2, 0.25) is 5.82 Å². The number of hydrogen-bond acceptors (Lipinski definition) is 7. The molecule has 1 aromatic heterocycles. The van der Waals surface area contributed by atoms with Gasteiger partial charge in [-0.2, -0.15) is 0 Å². The van der Waals surface area contributed by atoms with E-state index in [1.807, 2.05) is 0 Å². The molecule has 3 N–H and O–H groups in total. The first-order chi connectivity index (χ1) is 9.62. The fraction of sp³-hybridized carbons (Fsp3) is 0.500. The number of anilines is 1. The molecule has 0 fully saturated rings. The number of nitro groups is 1. The van der Waals surface area contributed by atoms with Crippen molar-refractivity contribution in [2.24, 2.45) is 0 Å². The van der Waals surface area contributed by atoms with Crippen LogP contribution in [0.25, 0.3) is 0 Å². The van der Waals surface area contributed by atoms with Crippen LogP contribution in [-0.2, 0) is 0 Å². The molecule has 9 nitrogen and oxygen atoms in total. The van der Waals surface area contributed by atoms with E-state index in [1.54, 1.807) is 25.9 Å². The molecule has 0 aromatic carbocycles. The molecular formula is C12H18N4O5. The average Bonchev–Trinajstić information content (AvgIpc) is 2.34. The van der Waals surface area contributed by atoms with Gasteiger partial charge in [-0.15, -0.1) is 0 Å². The Bertz CT molecular complexity index is 544. The van der Waals surface area contributed by atoms with Crippen LogP contribution in [0.15, 0.2) is 12.3 Å². The second-order valence-corrected chi connectivity index (χ2v) is 5.24. The summed E-state index contributed by atoms with van der Waals surface area (Å²) in [4.78, 5) is 26.6. The Morgan fingerprint density at radius 1 is 1.57 bits per heavy atom. The fourth-order valence-corrected chi connectivity index (χ4v) is 1.86. The van der Waals surface area contributed by atoms with Crippen LogP contribution in [0.4, 0.5) is 11.5 Å². The van der Waals surface area contributed by atoms with Crippen LogP contribution in [0.2, 0.25) is 0 Å². The third-order valence-corrected chi connectivity index (χ3v) is 2.60. The molecule has 116 valence electrons. The molecular weight excluding hydrogens is 280 g/mol. The van der Waals surface area contributed by atoms with Crippen molar-refractivity contribution in [1.82, 2.24) is 9.88 Å². The zero-order chi connectivity index (χ0) is 16.2. The van der Waals surface area contributed by atoms with E-state index in [-0.39, 0.29) is 17.9 Å². The molecule has 1 heterocycles. The lowest BCUT2D eigenvalue weighted by atomic mass is 10.1. The lowest BCUT2D eigenvalue weighted by molar-refractivity contribution is -0.384. The van der Waals surface area contributed by atoms with Crippen LogP contribution in [0.3, 0.4) is 0 Å². The van der Waals surface area contributed by atoms with Gasteiger partial charge in [0.05, 0.1) is 16.1 Å². The number of hydrogen-bond donors (Lipinski definition) is 3. The maximum atomic E-state index is 11.0. The number of aromatic carboxylic acids is 1. The number of pyridine rings is 1. The summed E-state index contributed by atoms with van der Waals surface area (Å²) in [7, 11) is 3.58. The van der Waals surface area contributed by atoms with Crippen molar-refractivity contribution in [1.29, 1.82) is 0 Å². The summed E-state index contributed by atoms with van der Waals surface area (Å²) in [5.74, 6) is -1.37. The highest BCUT2D eigenvalue weighted by atomic mass is 16.6. The lowest BCUT2D eigenvalue weighted by Gasteiger charge is -2.27. The van der Waals surface area contributed by atoms with Crippen LogP contribution in [0.5, 0.6) is 0 Å². The third-order valence-electron chi connectivity index (χ3n) is 2.60. The number of nitrogens with zero attached hydrogens (tertiary/aromatic N) is 3. The molecule has 0 aliphatic rings. The van der Waals surface area contributed by atoms with E-state index < -0.39 is 22.2 Å². The highest BCUT2D eigenvalue weighted by Crippen LogP contribution is 2.23. The number of likely N-dealkylation sites (N-methyl/N-ethyl adjacent to an activating group) is 1. The first kappa shape index (κ1) is 16.8. The molecule has 0 aliphatic carbocycles. The number of rotatable bonds is 7. The molecule has 21 heavy (non-hydrogen) atoms. The first-order valence-electron chi connectivity index (χ1n) is 6.11. The molecule has 0 spiro atoms. The average molecular weight is 298 g/mol. The van der Waals surface area contributed by atoms with Gasteiger partial charge >= 0.3 is 11.7 Å². The molecule has 0 radical (unpaired) electrons. The van der Waals surface area contributed by atoms with Gasteiger partial charge in [0.15, 0.2) is 0 Å². The molecule has 0 aliphatic heterocycles. The SMILES string of the molecule is CN(C)CC(C)(O)CNc1ncc(C(=O)O)cc1[N+](=O)[O-]. The Morgan fingerprint density at radius 3 is 2.67 bits per heavy atom. The summed E-state index contributed by atoms with van der Waals surface area (Å²) >= 11 is 0. The Hall–Kier alpha value is -2.26. The topological polar surface area (TPSA) is 129 Å². The van der Waals surface area contributed by atoms with Gasteiger partial charge in [0.25, 0.3) is 0 Å². The molecule has 0 saturated carbocycles. The van der Waals surface area contributed by atoms with Gasteiger partial charge in [-0.25, -0.2) is 9.78 Å². The summed E-state index contributed by atoms with van der Waals surface area (Å²) in [5, 5.41) is 32.6. The smallest absolute Gasteiger partial charge is 0.337 e. The second-order valence-electron chi connectivity index (χ2n) is 5.24. The molecule has 1 aromatic rings. The van der Waals surface area contributed by atoms with Crippen LogP contribution >= 0.6 is 0 Å². The van der Waals surface area contributed by atoms with Crippen LogP contribution in [0.1, 0.15) is 17.3 Å². The minimum atomic E-state index is -1.29. The van der Waals surface area contributed by atoms with Crippen molar-refractivity contribution in [3.63, 3.8) is 0 Å². The van der Waals surface area contributed by atoms with E-state index >= 15 is 0 Å². The molecule has 1 rings (SSSR count). The van der Waals surface area contributed by atoms with Gasteiger partial charge in [0, 0.05) is 25.4 Å². The number of carboxylic acids is 1. The fourth-order valence-electron chi connectivity index (χ4n) is 1.86.